The first-order chi connectivity index (χ1) is 12.5. The summed E-state index contributed by atoms with van der Waals surface area (Å²) >= 11 is 6.00. The largest absolute Gasteiger partial charge is 0.449 e. The van der Waals surface area contributed by atoms with Gasteiger partial charge in [0.05, 0.1) is 16.3 Å². The number of nitrogens with one attached hydrogen (secondary N) is 2. The molecule has 0 saturated heterocycles. The molecule has 0 aliphatic heterocycles. The number of carbonyl (C=O) groups excluding carboxylic acids is 2. The summed E-state index contributed by atoms with van der Waals surface area (Å²) in [4.78, 5) is 31.5. The van der Waals surface area contributed by atoms with Crippen molar-refractivity contribution in [2.24, 2.45) is 0 Å². The molecule has 6 nitrogen and oxygen atoms in total. The van der Waals surface area contributed by atoms with Crippen molar-refractivity contribution in [1.82, 2.24) is 9.97 Å². The molecule has 132 valence electrons. The number of hydrogen-bond acceptors (Lipinski definition) is 4. The number of nitrogens with zero attached hydrogens (tertiary/aromatic N) is 1. The number of halogens is 1. The lowest BCUT2D eigenvalue weighted by atomic mass is 10.1. The van der Waals surface area contributed by atoms with E-state index >= 15 is 0 Å². The molecule has 0 saturated carbocycles. The summed E-state index contributed by atoms with van der Waals surface area (Å²) in [5.74, 6) is -0.339. The number of carbonyl (C=O) groups is 2. The van der Waals surface area contributed by atoms with Crippen LogP contribution in [0, 0.1) is 0 Å². The number of H-pyrrole nitrogens is 1. The van der Waals surface area contributed by atoms with Gasteiger partial charge in [0.2, 0.25) is 0 Å². The Morgan fingerprint density at radius 2 is 1.88 bits per heavy atom. The van der Waals surface area contributed by atoms with Crippen molar-refractivity contribution in [3.63, 3.8) is 0 Å². The molecule has 1 amide bonds. The fourth-order valence-corrected chi connectivity index (χ4v) is 2.45. The first kappa shape index (κ1) is 17.7. The van der Waals surface area contributed by atoms with E-state index in [4.69, 9.17) is 16.3 Å². The van der Waals surface area contributed by atoms with Crippen molar-refractivity contribution in [2.45, 2.75) is 13.0 Å². The van der Waals surface area contributed by atoms with Crippen LogP contribution in [0.3, 0.4) is 0 Å². The Bertz CT molecular complexity index is 908. The maximum absolute atomic E-state index is 12.2. The second-order valence-electron chi connectivity index (χ2n) is 5.53. The third kappa shape index (κ3) is 4.10. The third-order valence-corrected chi connectivity index (χ3v) is 4.01. The van der Waals surface area contributed by atoms with Crippen molar-refractivity contribution in [3.05, 3.63) is 71.5 Å². The number of benzene rings is 2. The molecule has 0 spiro atoms. The van der Waals surface area contributed by atoms with E-state index in [-0.39, 0.29) is 0 Å². The number of esters is 1. The summed E-state index contributed by atoms with van der Waals surface area (Å²) in [5, 5.41) is 3.04. The van der Waals surface area contributed by atoms with Crippen molar-refractivity contribution in [2.75, 3.05) is 5.32 Å². The molecule has 1 unspecified atom stereocenters. The Kier molecular flexibility index (Phi) is 5.34. The summed E-state index contributed by atoms with van der Waals surface area (Å²) in [6.07, 6.45) is 2.40. The van der Waals surface area contributed by atoms with E-state index in [0.717, 1.165) is 5.56 Å². The van der Waals surface area contributed by atoms with E-state index in [1.54, 1.807) is 60.9 Å². The summed E-state index contributed by atoms with van der Waals surface area (Å²) in [6.45, 7) is 1.50. The predicted octanol–water partition coefficient (Wildman–Crippen LogP) is 3.91. The van der Waals surface area contributed by atoms with Gasteiger partial charge in [-0.1, -0.05) is 35.9 Å². The number of amides is 1. The number of hydrogen-bond donors (Lipinski definition) is 2. The zero-order valence-electron chi connectivity index (χ0n) is 13.9. The van der Waals surface area contributed by atoms with Crippen LogP contribution in [0.5, 0.6) is 0 Å². The fraction of sp³-hybridized carbons (Fsp3) is 0.105. The van der Waals surface area contributed by atoms with Gasteiger partial charge in [0.15, 0.2) is 6.10 Å². The molecule has 0 aliphatic rings. The minimum atomic E-state index is -0.969. The molecule has 1 aromatic heterocycles. The monoisotopic (exact) mass is 369 g/mol. The summed E-state index contributed by atoms with van der Waals surface area (Å²) in [5.41, 5.74) is 1.65. The normalized spacial score (nSPS) is 11.6. The summed E-state index contributed by atoms with van der Waals surface area (Å²) < 4.78 is 5.22. The number of anilines is 1. The van der Waals surface area contributed by atoms with Gasteiger partial charge in [0.25, 0.3) is 5.91 Å². The van der Waals surface area contributed by atoms with Crippen LogP contribution in [-0.2, 0) is 9.53 Å². The molecule has 0 fully saturated rings. The molecule has 7 heteroatoms. The van der Waals surface area contributed by atoms with Gasteiger partial charge in [-0.2, -0.15) is 0 Å². The lowest BCUT2D eigenvalue weighted by molar-refractivity contribution is -0.123. The van der Waals surface area contributed by atoms with Gasteiger partial charge in [-0.3, -0.25) is 4.79 Å². The average molecular weight is 370 g/mol. The zero-order chi connectivity index (χ0) is 18.5. The minimum Gasteiger partial charge on any atom is -0.449 e. The van der Waals surface area contributed by atoms with Crippen molar-refractivity contribution in [3.8, 4) is 11.4 Å². The topological polar surface area (TPSA) is 84.1 Å². The standard InChI is InChI=1S/C19H16ClN3O3/c1-12(18(24)23-16-5-3-2-4-15(16)20)26-19(25)14-8-6-13(7-9-14)17-21-10-11-22-17/h2-12H,1H3,(H,21,22)(H,23,24). The van der Waals surface area contributed by atoms with E-state index < -0.39 is 18.0 Å². The van der Waals surface area contributed by atoms with Gasteiger partial charge < -0.3 is 15.0 Å². The van der Waals surface area contributed by atoms with E-state index in [9.17, 15) is 9.59 Å². The molecule has 1 atom stereocenters. The Hall–Kier alpha value is -3.12. The molecule has 3 rings (SSSR count). The van der Waals surface area contributed by atoms with Crippen LogP contribution >= 0.6 is 11.6 Å². The summed E-state index contributed by atoms with van der Waals surface area (Å²) in [6, 6.07) is 13.6. The quantitative estimate of drug-likeness (QED) is 0.668. The van der Waals surface area contributed by atoms with Crippen molar-refractivity contribution >= 4 is 29.2 Å². The number of aromatic amines is 1. The van der Waals surface area contributed by atoms with Gasteiger partial charge >= 0.3 is 5.97 Å². The zero-order valence-corrected chi connectivity index (χ0v) is 14.7. The Labute approximate surface area is 155 Å². The Balaban J connectivity index is 1.61. The Morgan fingerprint density at radius 3 is 2.54 bits per heavy atom. The van der Waals surface area contributed by atoms with Gasteiger partial charge in [-0.05, 0) is 31.2 Å². The lowest BCUT2D eigenvalue weighted by Gasteiger charge is -2.14. The number of rotatable bonds is 5. The maximum atomic E-state index is 12.2. The molecule has 0 bridgehead atoms. The van der Waals surface area contributed by atoms with Crippen molar-refractivity contribution in [1.29, 1.82) is 0 Å². The lowest BCUT2D eigenvalue weighted by Crippen LogP contribution is -2.30. The van der Waals surface area contributed by atoms with Crippen LogP contribution in [0.25, 0.3) is 11.4 Å². The highest BCUT2D eigenvalue weighted by Gasteiger charge is 2.19. The minimum absolute atomic E-state index is 0.345. The molecule has 1 heterocycles. The van der Waals surface area contributed by atoms with Gasteiger partial charge in [0, 0.05) is 18.0 Å². The van der Waals surface area contributed by atoms with E-state index in [0.29, 0.717) is 22.1 Å². The maximum Gasteiger partial charge on any atom is 0.338 e. The molecule has 3 aromatic rings. The SMILES string of the molecule is CC(OC(=O)c1ccc(-c2ncc[nH]2)cc1)C(=O)Nc1ccccc1Cl. The molecule has 0 aliphatic carbocycles. The highest BCUT2D eigenvalue weighted by atomic mass is 35.5. The first-order valence-corrected chi connectivity index (χ1v) is 8.28. The van der Waals surface area contributed by atoms with E-state index in [1.807, 2.05) is 0 Å². The first-order valence-electron chi connectivity index (χ1n) is 7.91. The van der Waals surface area contributed by atoms with Gasteiger partial charge in [-0.15, -0.1) is 0 Å². The van der Waals surface area contributed by atoms with Gasteiger partial charge in [0.1, 0.15) is 5.82 Å². The number of ether oxygens (including phenoxy) is 1. The van der Waals surface area contributed by atoms with Crippen LogP contribution in [0.1, 0.15) is 17.3 Å². The average Bonchev–Trinajstić information content (AvgIpc) is 3.18. The molecule has 0 radical (unpaired) electrons. The van der Waals surface area contributed by atoms with E-state index in [2.05, 4.69) is 15.3 Å². The second kappa shape index (κ2) is 7.84. The van der Waals surface area contributed by atoms with E-state index in [1.165, 1.54) is 6.92 Å². The molecular weight excluding hydrogens is 354 g/mol. The van der Waals surface area contributed by atoms with Crippen LogP contribution in [0.2, 0.25) is 5.02 Å². The summed E-state index contributed by atoms with van der Waals surface area (Å²) in [7, 11) is 0. The third-order valence-electron chi connectivity index (χ3n) is 3.68. The number of para-hydroxylation sites is 1. The number of imidazole rings is 1. The van der Waals surface area contributed by atoms with Gasteiger partial charge in [-0.25, -0.2) is 9.78 Å². The fourth-order valence-electron chi connectivity index (χ4n) is 2.27. The molecule has 2 N–H and O–H groups in total. The Morgan fingerprint density at radius 1 is 1.15 bits per heavy atom. The van der Waals surface area contributed by atoms with Crippen molar-refractivity contribution < 1.29 is 14.3 Å². The van der Waals surface area contributed by atoms with Crippen LogP contribution in [0.4, 0.5) is 5.69 Å². The predicted molar refractivity (Wildman–Crippen MR) is 99.0 cm³/mol. The highest BCUT2D eigenvalue weighted by molar-refractivity contribution is 6.33. The smallest absolute Gasteiger partial charge is 0.338 e. The molecular formula is C19H16ClN3O3. The molecule has 26 heavy (non-hydrogen) atoms. The van der Waals surface area contributed by atoms with Crippen LogP contribution in [-0.4, -0.2) is 27.9 Å². The highest BCUT2D eigenvalue weighted by Crippen LogP contribution is 2.21. The van der Waals surface area contributed by atoms with Crippen LogP contribution < -0.4 is 5.32 Å². The number of aromatic nitrogens is 2. The van der Waals surface area contributed by atoms with Crippen LogP contribution in [0.15, 0.2) is 60.9 Å². The molecule has 2 aromatic carbocycles. The second-order valence-corrected chi connectivity index (χ2v) is 5.94.